The van der Waals surface area contributed by atoms with E-state index < -0.39 is 5.97 Å². The second-order valence-electron chi connectivity index (χ2n) is 5.35. The first kappa shape index (κ1) is 18.7. The highest BCUT2D eigenvalue weighted by molar-refractivity contribution is 5.90. The summed E-state index contributed by atoms with van der Waals surface area (Å²) in [6.07, 6.45) is 0. The number of carboxylic acids is 1. The molecule has 3 aromatic rings. The van der Waals surface area contributed by atoms with Crippen molar-refractivity contribution in [2.24, 2.45) is 0 Å². The molecule has 6 nitrogen and oxygen atoms in total. The Balaban J connectivity index is 0.000000209. The molecule has 0 aliphatic heterocycles. The highest BCUT2D eigenvalue weighted by Gasteiger charge is 2.05. The highest BCUT2D eigenvalue weighted by Crippen LogP contribution is 2.19. The van der Waals surface area contributed by atoms with Gasteiger partial charge in [0, 0.05) is 17.8 Å². The van der Waals surface area contributed by atoms with Gasteiger partial charge in [0.25, 0.3) is 0 Å². The van der Waals surface area contributed by atoms with Crippen LogP contribution in [0.4, 0.5) is 5.69 Å². The molecule has 0 aliphatic carbocycles. The van der Waals surface area contributed by atoms with Gasteiger partial charge in [-0.2, -0.15) is 0 Å². The lowest BCUT2D eigenvalue weighted by Gasteiger charge is -2.07. The van der Waals surface area contributed by atoms with Gasteiger partial charge in [-0.3, -0.25) is 0 Å². The Hall–Kier alpha value is -3.67. The molecule has 0 fully saturated rings. The standard InChI is InChI=1S/C13H13NO2.C7H6O3/c15-12-7-5-11(6-8-12)14-9-10-3-1-2-4-13(10)16;8-6-4-2-1-3-5(6)7(9)10/h1-8,14-16H,9H2;1-4,8H,(H,9,10). The SMILES string of the molecule is O=C(O)c1ccccc1O.Oc1ccc(NCc2ccccc2O)cc1. The predicted octanol–water partition coefficient (Wildman–Crippen LogP) is 3.80. The van der Waals surface area contributed by atoms with Crippen molar-refractivity contribution in [3.63, 3.8) is 0 Å². The van der Waals surface area contributed by atoms with E-state index in [0.29, 0.717) is 6.54 Å². The maximum absolute atomic E-state index is 10.3. The second-order valence-corrected chi connectivity index (χ2v) is 5.35. The molecule has 0 spiro atoms. The van der Waals surface area contributed by atoms with E-state index in [1.54, 1.807) is 48.5 Å². The van der Waals surface area contributed by atoms with Crippen molar-refractivity contribution >= 4 is 11.7 Å². The fourth-order valence-electron chi connectivity index (χ4n) is 2.09. The minimum atomic E-state index is -1.11. The van der Waals surface area contributed by atoms with Gasteiger partial charge < -0.3 is 25.7 Å². The summed E-state index contributed by atoms with van der Waals surface area (Å²) in [6.45, 7) is 0.553. The van der Waals surface area contributed by atoms with Gasteiger partial charge in [0.05, 0.1) is 0 Å². The Kier molecular flexibility index (Phi) is 6.45. The summed E-state index contributed by atoms with van der Waals surface area (Å²) in [5.41, 5.74) is 1.68. The molecule has 0 heterocycles. The molecule has 0 saturated carbocycles. The number of benzene rings is 3. The van der Waals surface area contributed by atoms with Crippen molar-refractivity contribution in [1.29, 1.82) is 0 Å². The summed E-state index contributed by atoms with van der Waals surface area (Å²) < 4.78 is 0. The number of nitrogens with one attached hydrogen (secondary N) is 1. The molecule has 0 radical (unpaired) electrons. The van der Waals surface area contributed by atoms with Crippen molar-refractivity contribution in [1.82, 2.24) is 0 Å². The van der Waals surface area contributed by atoms with Gasteiger partial charge >= 0.3 is 5.97 Å². The number of carboxylic acid groups (broad SMARTS) is 1. The fourth-order valence-corrected chi connectivity index (χ4v) is 2.09. The van der Waals surface area contributed by atoms with E-state index in [0.717, 1.165) is 11.3 Å². The first-order valence-electron chi connectivity index (χ1n) is 7.78. The van der Waals surface area contributed by atoms with E-state index in [-0.39, 0.29) is 22.8 Å². The van der Waals surface area contributed by atoms with Gasteiger partial charge in [-0.15, -0.1) is 0 Å². The van der Waals surface area contributed by atoms with Crippen molar-refractivity contribution < 1.29 is 25.2 Å². The smallest absolute Gasteiger partial charge is 0.339 e. The van der Waals surface area contributed by atoms with E-state index >= 15 is 0 Å². The van der Waals surface area contributed by atoms with Crippen molar-refractivity contribution in [3.8, 4) is 17.2 Å². The van der Waals surface area contributed by atoms with E-state index in [2.05, 4.69) is 5.32 Å². The lowest BCUT2D eigenvalue weighted by Crippen LogP contribution is -1.98. The van der Waals surface area contributed by atoms with Crippen LogP contribution in [0.1, 0.15) is 15.9 Å². The number of phenols is 3. The van der Waals surface area contributed by atoms with Gasteiger partial charge in [-0.1, -0.05) is 30.3 Å². The van der Waals surface area contributed by atoms with Crippen LogP contribution in [0.25, 0.3) is 0 Å². The summed E-state index contributed by atoms with van der Waals surface area (Å²) in [7, 11) is 0. The third-order valence-corrected chi connectivity index (χ3v) is 3.48. The van der Waals surface area contributed by atoms with Crippen LogP contribution in [0, 0.1) is 0 Å². The van der Waals surface area contributed by atoms with Crippen molar-refractivity contribution in [3.05, 3.63) is 83.9 Å². The average molecular weight is 353 g/mol. The number of anilines is 1. The van der Waals surface area contributed by atoms with Gasteiger partial charge in [-0.25, -0.2) is 4.79 Å². The van der Waals surface area contributed by atoms with Gasteiger partial charge in [-0.05, 0) is 42.5 Å². The zero-order chi connectivity index (χ0) is 18.9. The van der Waals surface area contributed by atoms with Crippen LogP contribution in [0.3, 0.4) is 0 Å². The third kappa shape index (κ3) is 5.45. The summed E-state index contributed by atoms with van der Waals surface area (Å²) in [5.74, 6) is -0.782. The number of rotatable bonds is 4. The lowest BCUT2D eigenvalue weighted by molar-refractivity contribution is 0.0693. The molecular formula is C20H19NO5. The number of aromatic carboxylic acids is 1. The summed E-state index contributed by atoms with van der Waals surface area (Å²) in [5, 5.41) is 39.1. The van der Waals surface area contributed by atoms with Crippen LogP contribution < -0.4 is 5.32 Å². The molecule has 0 amide bonds. The van der Waals surface area contributed by atoms with E-state index in [9.17, 15) is 9.90 Å². The van der Waals surface area contributed by atoms with E-state index in [1.165, 1.54) is 12.1 Å². The Bertz CT molecular complexity index is 862. The number of para-hydroxylation sites is 2. The quantitative estimate of drug-likeness (QED) is 0.456. The lowest BCUT2D eigenvalue weighted by atomic mass is 10.2. The van der Waals surface area contributed by atoms with Crippen LogP contribution in [0.15, 0.2) is 72.8 Å². The van der Waals surface area contributed by atoms with Crippen molar-refractivity contribution in [2.75, 3.05) is 5.32 Å². The van der Waals surface area contributed by atoms with Crippen LogP contribution >= 0.6 is 0 Å². The minimum Gasteiger partial charge on any atom is -0.508 e. The second kappa shape index (κ2) is 8.98. The molecule has 0 bridgehead atoms. The fraction of sp³-hybridized carbons (Fsp3) is 0.0500. The molecule has 134 valence electrons. The maximum Gasteiger partial charge on any atom is 0.339 e. The summed E-state index contributed by atoms with van der Waals surface area (Å²) in [6, 6.07) is 19.8. The monoisotopic (exact) mass is 353 g/mol. The maximum atomic E-state index is 10.3. The molecule has 5 N–H and O–H groups in total. The van der Waals surface area contributed by atoms with E-state index in [4.69, 9.17) is 15.3 Å². The first-order chi connectivity index (χ1) is 12.5. The van der Waals surface area contributed by atoms with E-state index in [1.807, 2.05) is 12.1 Å². The highest BCUT2D eigenvalue weighted by atomic mass is 16.4. The largest absolute Gasteiger partial charge is 0.508 e. The number of hydrogen-bond acceptors (Lipinski definition) is 5. The normalized spacial score (nSPS) is 9.69. The molecule has 0 atom stereocenters. The number of phenolic OH excluding ortho intramolecular Hbond substituents is 2. The Morgan fingerprint density at radius 2 is 1.35 bits per heavy atom. The predicted molar refractivity (Wildman–Crippen MR) is 98.6 cm³/mol. The van der Waals surface area contributed by atoms with Crippen LogP contribution in [-0.2, 0) is 6.54 Å². The average Bonchev–Trinajstić information content (AvgIpc) is 2.63. The zero-order valence-corrected chi connectivity index (χ0v) is 13.8. The Labute approximate surface area is 150 Å². The molecule has 3 aromatic carbocycles. The Morgan fingerprint density at radius 1 is 0.769 bits per heavy atom. The summed E-state index contributed by atoms with van der Waals surface area (Å²) in [4.78, 5) is 10.3. The number of aromatic hydroxyl groups is 3. The van der Waals surface area contributed by atoms with Crippen LogP contribution in [0.5, 0.6) is 17.2 Å². The Morgan fingerprint density at radius 3 is 1.88 bits per heavy atom. The van der Waals surface area contributed by atoms with Crippen LogP contribution in [-0.4, -0.2) is 26.4 Å². The topological polar surface area (TPSA) is 110 Å². The van der Waals surface area contributed by atoms with Gasteiger partial charge in [0.1, 0.15) is 22.8 Å². The van der Waals surface area contributed by atoms with Gasteiger partial charge in [0.15, 0.2) is 0 Å². The molecule has 0 aromatic heterocycles. The minimum absolute atomic E-state index is 0.0671. The first-order valence-corrected chi connectivity index (χ1v) is 7.78. The van der Waals surface area contributed by atoms with Crippen LogP contribution in [0.2, 0.25) is 0 Å². The molecule has 0 unspecified atom stereocenters. The molecule has 26 heavy (non-hydrogen) atoms. The third-order valence-electron chi connectivity index (χ3n) is 3.48. The van der Waals surface area contributed by atoms with Gasteiger partial charge in [0.2, 0.25) is 0 Å². The number of hydrogen-bond donors (Lipinski definition) is 5. The summed E-state index contributed by atoms with van der Waals surface area (Å²) >= 11 is 0. The molecule has 6 heteroatoms. The molecular weight excluding hydrogens is 334 g/mol. The number of carbonyl (C=O) groups is 1. The zero-order valence-electron chi connectivity index (χ0n) is 13.8. The molecule has 0 saturated heterocycles. The molecule has 0 aliphatic rings. The molecule has 3 rings (SSSR count). The van der Waals surface area contributed by atoms with Crippen molar-refractivity contribution in [2.45, 2.75) is 6.54 Å².